The molecule has 0 spiro atoms. The van der Waals surface area contributed by atoms with Crippen molar-refractivity contribution in [3.8, 4) is 0 Å². The molecule has 2 nitrogen and oxygen atoms in total. The van der Waals surface area contributed by atoms with Crippen LogP contribution in [0.4, 0.5) is 5.69 Å². The van der Waals surface area contributed by atoms with Crippen molar-refractivity contribution in [2.75, 3.05) is 25.5 Å². The van der Waals surface area contributed by atoms with Crippen molar-refractivity contribution in [1.82, 2.24) is 0 Å². The minimum Gasteiger partial charge on any atom is -0.378 e. The molecule has 2 N–H and O–H groups in total. The van der Waals surface area contributed by atoms with Gasteiger partial charge in [-0.3, -0.25) is 0 Å². The van der Waals surface area contributed by atoms with Crippen molar-refractivity contribution < 1.29 is 0 Å². The summed E-state index contributed by atoms with van der Waals surface area (Å²) in [4.78, 5) is 2.16. The summed E-state index contributed by atoms with van der Waals surface area (Å²) in [5.41, 5.74) is 8.61. The van der Waals surface area contributed by atoms with E-state index in [1.54, 1.807) is 0 Å². The summed E-state index contributed by atoms with van der Waals surface area (Å²) in [6.07, 6.45) is 8.04. The summed E-state index contributed by atoms with van der Waals surface area (Å²) in [6.45, 7) is 0.830. The van der Waals surface area contributed by atoms with Crippen LogP contribution >= 0.6 is 0 Å². The van der Waals surface area contributed by atoms with Crippen LogP contribution in [0.15, 0.2) is 24.3 Å². The fourth-order valence-electron chi connectivity index (χ4n) is 3.40. The van der Waals surface area contributed by atoms with Gasteiger partial charge >= 0.3 is 0 Å². The molecule has 0 aliphatic heterocycles. The van der Waals surface area contributed by atoms with Crippen molar-refractivity contribution in [3.05, 3.63) is 29.8 Å². The molecule has 1 saturated carbocycles. The Morgan fingerprint density at radius 1 is 1.05 bits per heavy atom. The number of anilines is 1. The zero-order valence-electron chi connectivity index (χ0n) is 12.4. The maximum atomic E-state index is 5.81. The van der Waals surface area contributed by atoms with Crippen LogP contribution in [0, 0.1) is 5.92 Å². The van der Waals surface area contributed by atoms with Gasteiger partial charge < -0.3 is 10.6 Å². The van der Waals surface area contributed by atoms with Gasteiger partial charge in [0.25, 0.3) is 0 Å². The Kier molecular flexibility index (Phi) is 5.26. The SMILES string of the molecule is CN(C)c1ccc(C2CCCCCC2CCN)cc1. The average molecular weight is 260 g/mol. The molecule has 1 fully saturated rings. The lowest BCUT2D eigenvalue weighted by molar-refractivity contribution is 0.378. The molecule has 0 bridgehead atoms. The highest BCUT2D eigenvalue weighted by atomic mass is 15.1. The van der Waals surface area contributed by atoms with Crippen LogP contribution in [0.25, 0.3) is 0 Å². The Morgan fingerprint density at radius 3 is 2.37 bits per heavy atom. The third-order valence-corrected chi connectivity index (χ3v) is 4.53. The molecule has 0 aromatic heterocycles. The van der Waals surface area contributed by atoms with E-state index in [0.29, 0.717) is 0 Å². The third kappa shape index (κ3) is 3.73. The van der Waals surface area contributed by atoms with Crippen LogP contribution in [0.2, 0.25) is 0 Å². The molecule has 0 radical (unpaired) electrons. The maximum Gasteiger partial charge on any atom is 0.0361 e. The van der Waals surface area contributed by atoms with Crippen molar-refractivity contribution in [1.29, 1.82) is 0 Å². The van der Waals surface area contributed by atoms with Crippen LogP contribution in [-0.2, 0) is 0 Å². The van der Waals surface area contributed by atoms with Crippen molar-refractivity contribution in [2.45, 2.75) is 44.4 Å². The first-order chi connectivity index (χ1) is 9.22. The molecule has 1 aromatic rings. The van der Waals surface area contributed by atoms with Crippen molar-refractivity contribution in [2.24, 2.45) is 11.7 Å². The van der Waals surface area contributed by atoms with Crippen LogP contribution in [0.3, 0.4) is 0 Å². The fraction of sp³-hybridized carbons (Fsp3) is 0.647. The maximum absolute atomic E-state index is 5.81. The molecule has 0 saturated heterocycles. The molecule has 1 aliphatic carbocycles. The Morgan fingerprint density at radius 2 is 1.74 bits per heavy atom. The van der Waals surface area contributed by atoms with Crippen molar-refractivity contribution >= 4 is 5.69 Å². The van der Waals surface area contributed by atoms with Crippen molar-refractivity contribution in [3.63, 3.8) is 0 Å². The van der Waals surface area contributed by atoms with Gasteiger partial charge in [-0.15, -0.1) is 0 Å². The standard InChI is InChI=1S/C17H28N2/c1-19(2)16-10-8-15(9-11-16)17-7-5-3-4-6-14(17)12-13-18/h8-11,14,17H,3-7,12-13,18H2,1-2H3. The molecule has 106 valence electrons. The van der Waals surface area contributed by atoms with E-state index in [-0.39, 0.29) is 0 Å². The number of nitrogens with two attached hydrogens (primary N) is 1. The number of hydrogen-bond acceptors (Lipinski definition) is 2. The number of hydrogen-bond donors (Lipinski definition) is 1. The molecule has 2 rings (SSSR count). The van der Waals surface area contributed by atoms with Gasteiger partial charge in [-0.2, -0.15) is 0 Å². The summed E-state index contributed by atoms with van der Waals surface area (Å²) in [7, 11) is 4.19. The lowest BCUT2D eigenvalue weighted by Crippen LogP contribution is -2.16. The zero-order chi connectivity index (χ0) is 13.7. The summed E-state index contributed by atoms with van der Waals surface area (Å²) < 4.78 is 0. The van der Waals surface area contributed by atoms with Gasteiger partial charge in [0.05, 0.1) is 0 Å². The van der Waals surface area contributed by atoms with Crippen LogP contribution in [0.5, 0.6) is 0 Å². The highest BCUT2D eigenvalue weighted by Crippen LogP contribution is 2.38. The largest absolute Gasteiger partial charge is 0.378 e. The summed E-state index contributed by atoms with van der Waals surface area (Å²) in [6, 6.07) is 9.16. The lowest BCUT2D eigenvalue weighted by atomic mass is 9.80. The van der Waals surface area contributed by atoms with Crippen LogP contribution < -0.4 is 10.6 Å². The highest BCUT2D eigenvalue weighted by molar-refractivity contribution is 5.46. The topological polar surface area (TPSA) is 29.3 Å². The van der Waals surface area contributed by atoms with Gasteiger partial charge in [0, 0.05) is 19.8 Å². The van der Waals surface area contributed by atoms with E-state index < -0.39 is 0 Å². The molecule has 2 atom stereocenters. The Balaban J connectivity index is 2.15. The molecule has 0 heterocycles. The minimum atomic E-state index is 0.724. The van der Waals surface area contributed by atoms with Crippen LogP contribution in [-0.4, -0.2) is 20.6 Å². The molecular weight excluding hydrogens is 232 g/mol. The molecule has 19 heavy (non-hydrogen) atoms. The monoisotopic (exact) mass is 260 g/mol. The van der Waals surface area contributed by atoms with Gasteiger partial charge in [0.15, 0.2) is 0 Å². The number of nitrogens with zero attached hydrogens (tertiary/aromatic N) is 1. The molecule has 2 heteroatoms. The number of benzene rings is 1. The predicted molar refractivity (Wildman–Crippen MR) is 83.8 cm³/mol. The average Bonchev–Trinajstić information content (AvgIpc) is 2.65. The Labute approximate surface area is 118 Å². The summed E-state index contributed by atoms with van der Waals surface area (Å²) in [5.74, 6) is 1.51. The van der Waals surface area contributed by atoms with Gasteiger partial charge in [0.2, 0.25) is 0 Å². The first-order valence-electron chi connectivity index (χ1n) is 7.69. The molecular formula is C17H28N2. The normalized spacial score (nSPS) is 23.9. The van der Waals surface area contributed by atoms with E-state index in [2.05, 4.69) is 43.3 Å². The van der Waals surface area contributed by atoms with E-state index in [0.717, 1.165) is 18.4 Å². The highest BCUT2D eigenvalue weighted by Gasteiger charge is 2.24. The van der Waals surface area contributed by atoms with E-state index in [9.17, 15) is 0 Å². The van der Waals surface area contributed by atoms with E-state index in [4.69, 9.17) is 5.73 Å². The second-order valence-electron chi connectivity index (χ2n) is 6.07. The first-order valence-corrected chi connectivity index (χ1v) is 7.69. The summed E-state index contributed by atoms with van der Waals surface area (Å²) in [5, 5.41) is 0. The lowest BCUT2D eigenvalue weighted by Gasteiger charge is -2.26. The second kappa shape index (κ2) is 6.95. The molecule has 1 aromatic carbocycles. The van der Waals surface area contributed by atoms with E-state index in [1.165, 1.54) is 49.8 Å². The molecule has 2 unspecified atom stereocenters. The summed E-state index contributed by atoms with van der Waals surface area (Å²) >= 11 is 0. The van der Waals surface area contributed by atoms with Crippen LogP contribution in [0.1, 0.15) is 50.0 Å². The molecule has 1 aliphatic rings. The fourth-order valence-corrected chi connectivity index (χ4v) is 3.40. The van der Waals surface area contributed by atoms with Gasteiger partial charge in [-0.05, 0) is 55.3 Å². The van der Waals surface area contributed by atoms with E-state index in [1.807, 2.05) is 0 Å². The third-order valence-electron chi connectivity index (χ3n) is 4.53. The Hall–Kier alpha value is -1.02. The second-order valence-corrected chi connectivity index (χ2v) is 6.07. The van der Waals surface area contributed by atoms with Gasteiger partial charge in [0.1, 0.15) is 0 Å². The van der Waals surface area contributed by atoms with E-state index >= 15 is 0 Å². The zero-order valence-corrected chi connectivity index (χ0v) is 12.4. The smallest absolute Gasteiger partial charge is 0.0361 e. The minimum absolute atomic E-state index is 0.724. The van der Waals surface area contributed by atoms with Gasteiger partial charge in [-0.1, -0.05) is 31.4 Å². The molecule has 0 amide bonds. The predicted octanol–water partition coefficient (Wildman–Crippen LogP) is 3.77. The first kappa shape index (κ1) is 14.4. The quantitative estimate of drug-likeness (QED) is 0.835. The number of rotatable bonds is 4. The Bertz CT molecular complexity index is 369. The van der Waals surface area contributed by atoms with Gasteiger partial charge in [-0.25, -0.2) is 0 Å².